The van der Waals surface area contributed by atoms with Gasteiger partial charge in [0.25, 0.3) is 0 Å². The molecule has 4 N–H and O–H groups in total. The molecule has 2 aromatic rings. The first-order valence-corrected chi connectivity index (χ1v) is 12.1. The molecule has 3 aliphatic rings. The first-order valence-electron chi connectivity index (χ1n) is 10.5. The van der Waals surface area contributed by atoms with Gasteiger partial charge < -0.3 is 15.4 Å². The molecule has 0 saturated heterocycles. The molecule has 0 radical (unpaired) electrons. The van der Waals surface area contributed by atoms with Crippen LogP contribution in [0.1, 0.15) is 44.1 Å². The summed E-state index contributed by atoms with van der Waals surface area (Å²) >= 11 is 0. The van der Waals surface area contributed by atoms with Crippen LogP contribution in [0.3, 0.4) is 0 Å². The van der Waals surface area contributed by atoms with Gasteiger partial charge in [-0.1, -0.05) is 0 Å². The van der Waals surface area contributed by atoms with E-state index in [4.69, 9.17) is 9.88 Å². The van der Waals surface area contributed by atoms with Crippen LogP contribution in [0, 0.1) is 17.7 Å². The highest BCUT2D eigenvalue weighted by molar-refractivity contribution is 7.89. The Labute approximate surface area is 185 Å². The van der Waals surface area contributed by atoms with Crippen molar-refractivity contribution in [1.29, 1.82) is 0 Å². The highest BCUT2D eigenvalue weighted by atomic mass is 32.2. The zero-order valence-electron chi connectivity index (χ0n) is 17.4. The third-order valence-electron chi connectivity index (χ3n) is 6.65. The summed E-state index contributed by atoms with van der Waals surface area (Å²) < 4.78 is 42.4. The van der Waals surface area contributed by atoms with Crippen molar-refractivity contribution in [2.24, 2.45) is 17.0 Å². The standard InChI is InChI=1S/C21H24FN5O4S/c1-21(4-5-21)27-20(28)31-12-6-14-15(7-12)18(14)11-9-24-19(25-10-11)26-17-3-2-13(8-16(17)22)32(23,29)30/h2-3,8-10,12,14-15,18H,4-7H2,1H3,(H,27,28)(H2,23,29,30)(H,24,25,26)/t12?,14-,15+,18?. The van der Waals surface area contributed by atoms with Crippen molar-refractivity contribution in [2.75, 3.05) is 5.32 Å². The monoisotopic (exact) mass is 461 g/mol. The van der Waals surface area contributed by atoms with Crippen LogP contribution in [0.4, 0.5) is 20.8 Å². The maximum atomic E-state index is 14.2. The average Bonchev–Trinajstić information content (AvgIpc) is 3.56. The smallest absolute Gasteiger partial charge is 0.407 e. The fourth-order valence-corrected chi connectivity index (χ4v) is 5.12. The van der Waals surface area contributed by atoms with Gasteiger partial charge in [-0.3, -0.25) is 0 Å². The van der Waals surface area contributed by atoms with Crippen molar-refractivity contribution in [3.63, 3.8) is 0 Å². The third-order valence-corrected chi connectivity index (χ3v) is 7.56. The SMILES string of the molecule is CC1(NC(=O)OC2C[C@@H]3C(c4cnc(Nc5ccc(S(N)(=O)=O)cc5F)nc4)[C@@H]3C2)CC1. The van der Waals surface area contributed by atoms with E-state index < -0.39 is 15.8 Å². The number of hydrogen-bond donors (Lipinski definition) is 3. The number of fused-ring (bicyclic) bond motifs is 1. The number of benzene rings is 1. The second-order valence-electron chi connectivity index (χ2n) is 9.19. The second-order valence-corrected chi connectivity index (χ2v) is 10.8. The predicted octanol–water partition coefficient (Wildman–Crippen LogP) is 2.78. The van der Waals surface area contributed by atoms with Gasteiger partial charge in [-0.05, 0) is 74.1 Å². The lowest BCUT2D eigenvalue weighted by Gasteiger charge is -2.18. The Kier molecular flexibility index (Phi) is 4.86. The maximum Gasteiger partial charge on any atom is 0.407 e. The summed E-state index contributed by atoms with van der Waals surface area (Å²) in [4.78, 5) is 20.2. The van der Waals surface area contributed by atoms with Gasteiger partial charge in [0.05, 0.1) is 10.6 Å². The van der Waals surface area contributed by atoms with E-state index in [2.05, 4.69) is 20.6 Å². The highest BCUT2D eigenvalue weighted by Crippen LogP contribution is 2.63. The number of carbonyl (C=O) groups is 1. The van der Waals surface area contributed by atoms with Crippen LogP contribution >= 0.6 is 0 Å². The first kappa shape index (κ1) is 21.1. The Hall–Kier alpha value is -2.79. The number of nitrogens with zero attached hydrogens (tertiary/aromatic N) is 2. The van der Waals surface area contributed by atoms with E-state index in [1.54, 1.807) is 12.4 Å². The summed E-state index contributed by atoms with van der Waals surface area (Å²) in [5.74, 6) is 0.684. The number of aromatic nitrogens is 2. The molecule has 9 nitrogen and oxygen atoms in total. The largest absolute Gasteiger partial charge is 0.446 e. The predicted molar refractivity (Wildman–Crippen MR) is 113 cm³/mol. The van der Waals surface area contributed by atoms with Crippen LogP contribution in [0.2, 0.25) is 0 Å². The van der Waals surface area contributed by atoms with Crippen molar-refractivity contribution in [2.45, 2.75) is 55.1 Å². The van der Waals surface area contributed by atoms with Crippen LogP contribution in [0.15, 0.2) is 35.5 Å². The number of carbonyl (C=O) groups excluding carboxylic acids is 1. The Morgan fingerprint density at radius 1 is 1.22 bits per heavy atom. The normalized spacial score (nSPS) is 27.3. The molecule has 0 bridgehead atoms. The number of nitrogens with two attached hydrogens (primary N) is 1. The number of rotatable bonds is 6. The molecule has 32 heavy (non-hydrogen) atoms. The van der Waals surface area contributed by atoms with Gasteiger partial charge in [0.1, 0.15) is 11.9 Å². The molecule has 3 saturated carbocycles. The minimum atomic E-state index is -3.98. The van der Waals surface area contributed by atoms with Gasteiger partial charge in [0, 0.05) is 17.9 Å². The zero-order valence-corrected chi connectivity index (χ0v) is 18.2. The molecule has 3 fully saturated rings. The molecule has 1 aromatic heterocycles. The van der Waals surface area contributed by atoms with Crippen molar-refractivity contribution < 1.29 is 22.3 Å². The van der Waals surface area contributed by atoms with Crippen LogP contribution in [-0.2, 0) is 14.8 Å². The number of halogens is 1. The molecule has 11 heteroatoms. The number of hydrogen-bond acceptors (Lipinski definition) is 7. The number of nitrogens with one attached hydrogen (secondary N) is 2. The Balaban J connectivity index is 1.15. The molecule has 2 unspecified atom stereocenters. The number of ether oxygens (including phenoxy) is 1. The quantitative estimate of drug-likeness (QED) is 0.602. The average molecular weight is 462 g/mol. The van der Waals surface area contributed by atoms with Crippen LogP contribution < -0.4 is 15.8 Å². The second kappa shape index (κ2) is 7.38. The number of amides is 1. The number of alkyl carbamates (subject to hydrolysis) is 1. The van der Waals surface area contributed by atoms with Gasteiger partial charge >= 0.3 is 6.09 Å². The van der Waals surface area contributed by atoms with Gasteiger partial charge in [0.2, 0.25) is 16.0 Å². The zero-order chi connectivity index (χ0) is 22.7. The lowest BCUT2D eigenvalue weighted by Crippen LogP contribution is -2.36. The molecule has 0 aliphatic heterocycles. The van der Waals surface area contributed by atoms with Gasteiger partial charge in [-0.25, -0.2) is 32.7 Å². The fraction of sp³-hybridized carbons (Fsp3) is 0.476. The minimum absolute atomic E-state index is 0.0475. The molecular weight excluding hydrogens is 437 g/mol. The number of sulfonamides is 1. The van der Waals surface area contributed by atoms with Crippen LogP contribution in [0.5, 0.6) is 0 Å². The van der Waals surface area contributed by atoms with E-state index in [1.807, 2.05) is 6.92 Å². The summed E-state index contributed by atoms with van der Waals surface area (Å²) in [5.41, 5.74) is 0.970. The van der Waals surface area contributed by atoms with Gasteiger partial charge in [-0.15, -0.1) is 0 Å². The van der Waals surface area contributed by atoms with Crippen LogP contribution in [-0.4, -0.2) is 36.1 Å². The van der Waals surface area contributed by atoms with E-state index in [0.29, 0.717) is 17.8 Å². The maximum absolute atomic E-state index is 14.2. The van der Waals surface area contributed by atoms with Crippen molar-refractivity contribution in [1.82, 2.24) is 15.3 Å². The van der Waals surface area contributed by atoms with Crippen LogP contribution in [0.25, 0.3) is 0 Å². The summed E-state index contributed by atoms with van der Waals surface area (Å²) in [7, 11) is -3.98. The minimum Gasteiger partial charge on any atom is -0.446 e. The molecule has 0 spiro atoms. The number of primary sulfonamides is 1. The molecular formula is C21H24FN5O4S. The molecule has 4 atom stereocenters. The Morgan fingerprint density at radius 3 is 2.44 bits per heavy atom. The summed E-state index contributed by atoms with van der Waals surface area (Å²) in [5, 5.41) is 10.7. The first-order chi connectivity index (χ1) is 15.1. The number of anilines is 2. The topological polar surface area (TPSA) is 136 Å². The molecule has 3 aliphatic carbocycles. The fourth-order valence-electron chi connectivity index (χ4n) is 4.59. The Bertz CT molecular complexity index is 1160. The van der Waals surface area contributed by atoms with E-state index in [-0.39, 0.29) is 34.3 Å². The lowest BCUT2D eigenvalue weighted by molar-refractivity contribution is 0.0899. The van der Waals surface area contributed by atoms with Gasteiger partial charge in [-0.2, -0.15) is 0 Å². The van der Waals surface area contributed by atoms with Crippen molar-refractivity contribution >= 4 is 27.8 Å². The summed E-state index contributed by atoms with van der Waals surface area (Å²) in [6.45, 7) is 2.02. The summed E-state index contributed by atoms with van der Waals surface area (Å²) in [6, 6.07) is 3.34. The highest BCUT2D eigenvalue weighted by Gasteiger charge is 2.57. The molecule has 1 amide bonds. The Morgan fingerprint density at radius 2 is 1.88 bits per heavy atom. The third kappa shape index (κ3) is 4.26. The lowest BCUT2D eigenvalue weighted by atomic mass is 10.0. The van der Waals surface area contributed by atoms with E-state index in [9.17, 15) is 17.6 Å². The van der Waals surface area contributed by atoms with E-state index >= 15 is 0 Å². The molecule has 1 aromatic carbocycles. The van der Waals surface area contributed by atoms with E-state index in [1.165, 1.54) is 12.1 Å². The van der Waals surface area contributed by atoms with Crippen molar-refractivity contribution in [3.8, 4) is 0 Å². The molecule has 170 valence electrons. The van der Waals surface area contributed by atoms with E-state index in [0.717, 1.165) is 37.3 Å². The van der Waals surface area contributed by atoms with Crippen molar-refractivity contribution in [3.05, 3.63) is 42.0 Å². The van der Waals surface area contributed by atoms with Gasteiger partial charge in [0.15, 0.2) is 0 Å². The summed E-state index contributed by atoms with van der Waals surface area (Å²) in [6.07, 6.45) is 6.72. The molecule has 5 rings (SSSR count). The molecule has 1 heterocycles.